The summed E-state index contributed by atoms with van der Waals surface area (Å²) in [5.41, 5.74) is 5.20. The Kier molecular flexibility index (Phi) is 7.08. The van der Waals surface area contributed by atoms with E-state index in [1.807, 2.05) is 35.9 Å². The number of H-pyrrole nitrogens is 1. The van der Waals surface area contributed by atoms with E-state index >= 15 is 0 Å². The highest BCUT2D eigenvalue weighted by Crippen LogP contribution is 2.35. The zero-order valence-electron chi connectivity index (χ0n) is 23.1. The summed E-state index contributed by atoms with van der Waals surface area (Å²) in [5, 5.41) is 14.0. The van der Waals surface area contributed by atoms with Gasteiger partial charge in [-0.05, 0) is 85.5 Å². The molecule has 4 aromatic rings. The third-order valence-corrected chi connectivity index (χ3v) is 8.27. The number of aryl methyl sites for hydroxylation is 2. The van der Waals surface area contributed by atoms with Crippen molar-refractivity contribution < 1.29 is 4.74 Å². The van der Waals surface area contributed by atoms with E-state index in [1.54, 1.807) is 0 Å². The Hall–Kier alpha value is -3.72. The average molecular weight is 528 g/mol. The molecule has 39 heavy (non-hydrogen) atoms. The molecule has 2 aromatic carbocycles. The van der Waals surface area contributed by atoms with Crippen molar-refractivity contribution in [3.05, 3.63) is 75.3 Å². The number of anilines is 1. The lowest BCUT2D eigenvalue weighted by Crippen LogP contribution is -2.49. The fourth-order valence-electron chi connectivity index (χ4n) is 6.23. The maximum atomic E-state index is 13.6. The maximum absolute atomic E-state index is 13.6. The normalized spacial score (nSPS) is 17.7. The number of pyridine rings is 1. The lowest BCUT2D eigenvalue weighted by atomic mass is 10.0. The monoisotopic (exact) mass is 527 g/mol. The van der Waals surface area contributed by atoms with Crippen LogP contribution in [-0.4, -0.2) is 62.9 Å². The van der Waals surface area contributed by atoms with E-state index < -0.39 is 0 Å². The van der Waals surface area contributed by atoms with Gasteiger partial charge in [-0.2, -0.15) is 0 Å². The molecule has 0 bridgehead atoms. The molecule has 2 aliphatic rings. The second-order valence-electron chi connectivity index (χ2n) is 10.9. The average Bonchev–Trinajstić information content (AvgIpc) is 3.64. The van der Waals surface area contributed by atoms with Crippen LogP contribution in [0, 0.1) is 13.8 Å². The highest BCUT2D eigenvalue weighted by Gasteiger charge is 2.35. The van der Waals surface area contributed by atoms with Crippen molar-refractivity contribution in [2.45, 2.75) is 58.5 Å². The van der Waals surface area contributed by atoms with E-state index in [9.17, 15) is 4.79 Å². The summed E-state index contributed by atoms with van der Waals surface area (Å²) in [6.45, 7) is 10.2. The molecule has 3 heterocycles. The number of tetrazole rings is 1. The van der Waals surface area contributed by atoms with Crippen molar-refractivity contribution in [3.8, 4) is 5.75 Å². The summed E-state index contributed by atoms with van der Waals surface area (Å²) < 4.78 is 7.74. The third-order valence-electron chi connectivity index (χ3n) is 8.27. The summed E-state index contributed by atoms with van der Waals surface area (Å²) in [7, 11) is 0. The van der Waals surface area contributed by atoms with Crippen LogP contribution in [0.2, 0.25) is 0 Å². The van der Waals surface area contributed by atoms with Crippen LogP contribution < -0.4 is 15.2 Å². The molecule has 1 aliphatic heterocycles. The summed E-state index contributed by atoms with van der Waals surface area (Å²) >= 11 is 0. The smallest absolute Gasteiger partial charge is 0.253 e. The van der Waals surface area contributed by atoms with Crippen LogP contribution in [0.4, 0.5) is 5.69 Å². The maximum Gasteiger partial charge on any atom is 0.253 e. The quantitative estimate of drug-likeness (QED) is 0.377. The van der Waals surface area contributed by atoms with Crippen LogP contribution in [-0.2, 0) is 0 Å². The Bertz CT molecular complexity index is 1510. The van der Waals surface area contributed by atoms with Gasteiger partial charge in [-0.15, -0.1) is 5.10 Å². The molecule has 1 saturated heterocycles. The minimum absolute atomic E-state index is 0.102. The first-order chi connectivity index (χ1) is 19.0. The molecule has 1 aliphatic carbocycles. The van der Waals surface area contributed by atoms with Crippen LogP contribution in [0.5, 0.6) is 5.75 Å². The van der Waals surface area contributed by atoms with Crippen molar-refractivity contribution in [1.82, 2.24) is 30.1 Å². The minimum Gasteiger partial charge on any atom is -0.494 e. The summed E-state index contributed by atoms with van der Waals surface area (Å²) in [4.78, 5) is 21.6. The Morgan fingerprint density at radius 1 is 1.03 bits per heavy atom. The number of nitrogens with zero attached hydrogens (tertiary/aromatic N) is 6. The standard InChI is InChI=1S/C30H37N7O2/c1-4-39-24-11-12-26-22(18-24)19-25(30(38)31-26)28(29-32-33-34-37(29)23-7-5-6-8-23)36-15-13-35(14-16-36)27-17-20(2)9-10-21(27)3/h9-12,17-19,23,28H,4-8,13-16H2,1-3H3,(H,31,38)/t28-/m1/s1. The number of ether oxygens (including phenoxy) is 1. The molecule has 0 unspecified atom stereocenters. The summed E-state index contributed by atoms with van der Waals surface area (Å²) in [6, 6.07) is 14.4. The van der Waals surface area contributed by atoms with Gasteiger partial charge in [0, 0.05) is 48.3 Å². The Labute approximate surface area is 228 Å². The Balaban J connectivity index is 1.39. The first-order valence-corrected chi connectivity index (χ1v) is 14.2. The Morgan fingerprint density at radius 2 is 1.82 bits per heavy atom. The van der Waals surface area contributed by atoms with Gasteiger partial charge in [0.05, 0.1) is 12.6 Å². The summed E-state index contributed by atoms with van der Waals surface area (Å²) in [5.74, 6) is 1.55. The number of rotatable bonds is 7. The number of aromatic nitrogens is 5. The molecule has 2 aromatic heterocycles. The first kappa shape index (κ1) is 25.6. The zero-order valence-corrected chi connectivity index (χ0v) is 23.1. The van der Waals surface area contributed by atoms with Crippen LogP contribution in [0.25, 0.3) is 10.9 Å². The van der Waals surface area contributed by atoms with Gasteiger partial charge in [0.1, 0.15) is 11.8 Å². The lowest BCUT2D eigenvalue weighted by molar-refractivity contribution is 0.196. The molecule has 1 atom stereocenters. The van der Waals surface area contributed by atoms with Crippen LogP contribution in [0.3, 0.4) is 0 Å². The van der Waals surface area contributed by atoms with Crippen LogP contribution in [0.1, 0.15) is 67.2 Å². The number of benzene rings is 2. The molecule has 1 saturated carbocycles. The van der Waals surface area contributed by atoms with E-state index in [1.165, 1.54) is 29.7 Å². The van der Waals surface area contributed by atoms with Gasteiger partial charge in [-0.3, -0.25) is 9.69 Å². The van der Waals surface area contributed by atoms with Gasteiger partial charge in [-0.1, -0.05) is 25.0 Å². The second kappa shape index (κ2) is 10.8. The van der Waals surface area contributed by atoms with Gasteiger partial charge in [-0.25, -0.2) is 4.68 Å². The van der Waals surface area contributed by atoms with E-state index in [-0.39, 0.29) is 17.6 Å². The van der Waals surface area contributed by atoms with Crippen molar-refractivity contribution in [2.24, 2.45) is 0 Å². The number of aromatic amines is 1. The second-order valence-corrected chi connectivity index (χ2v) is 10.9. The zero-order chi connectivity index (χ0) is 26.9. The lowest BCUT2D eigenvalue weighted by Gasteiger charge is -2.40. The predicted molar refractivity (Wildman–Crippen MR) is 153 cm³/mol. The highest BCUT2D eigenvalue weighted by molar-refractivity contribution is 5.80. The molecule has 9 nitrogen and oxygen atoms in total. The van der Waals surface area contributed by atoms with Crippen LogP contribution >= 0.6 is 0 Å². The van der Waals surface area contributed by atoms with E-state index in [0.29, 0.717) is 12.2 Å². The van der Waals surface area contributed by atoms with Crippen molar-refractivity contribution in [3.63, 3.8) is 0 Å². The molecule has 0 radical (unpaired) electrons. The molecule has 6 rings (SSSR count). The van der Waals surface area contributed by atoms with Crippen molar-refractivity contribution in [1.29, 1.82) is 0 Å². The van der Waals surface area contributed by atoms with E-state index in [4.69, 9.17) is 4.74 Å². The van der Waals surface area contributed by atoms with Crippen molar-refractivity contribution >= 4 is 16.6 Å². The topological polar surface area (TPSA) is 92.2 Å². The fraction of sp³-hybridized carbons (Fsp3) is 0.467. The molecular weight excluding hydrogens is 490 g/mol. The number of nitrogens with one attached hydrogen (secondary N) is 1. The van der Waals surface area contributed by atoms with Gasteiger partial charge in [0.2, 0.25) is 0 Å². The third kappa shape index (κ3) is 5.03. The van der Waals surface area contributed by atoms with Gasteiger partial charge in [0.15, 0.2) is 5.82 Å². The molecule has 0 amide bonds. The number of hydrogen-bond donors (Lipinski definition) is 1. The molecule has 1 N–H and O–H groups in total. The minimum atomic E-state index is -0.342. The largest absolute Gasteiger partial charge is 0.494 e. The molecule has 0 spiro atoms. The predicted octanol–water partition coefficient (Wildman–Crippen LogP) is 4.56. The Morgan fingerprint density at radius 3 is 2.59 bits per heavy atom. The van der Waals surface area contributed by atoms with Crippen molar-refractivity contribution in [2.75, 3.05) is 37.7 Å². The number of fused-ring (bicyclic) bond motifs is 1. The molecular formula is C30H37N7O2. The SMILES string of the molecule is CCOc1ccc2[nH]c(=O)c([C@H](c3nnnn3C3CCCC3)N3CCN(c4cc(C)ccc4C)CC3)cc2c1. The van der Waals surface area contributed by atoms with Gasteiger partial charge < -0.3 is 14.6 Å². The van der Waals surface area contributed by atoms with Crippen LogP contribution in [0.15, 0.2) is 47.3 Å². The fourth-order valence-corrected chi connectivity index (χ4v) is 6.23. The molecule has 9 heteroatoms. The highest BCUT2D eigenvalue weighted by atomic mass is 16.5. The number of piperazine rings is 1. The summed E-state index contributed by atoms with van der Waals surface area (Å²) in [6.07, 6.45) is 4.49. The van der Waals surface area contributed by atoms with Gasteiger partial charge in [0.25, 0.3) is 5.56 Å². The van der Waals surface area contributed by atoms with E-state index in [2.05, 4.69) is 62.4 Å². The number of hydrogen-bond acceptors (Lipinski definition) is 7. The van der Waals surface area contributed by atoms with E-state index in [0.717, 1.165) is 61.5 Å². The molecule has 204 valence electrons. The molecule has 2 fully saturated rings. The first-order valence-electron chi connectivity index (χ1n) is 14.2. The van der Waals surface area contributed by atoms with Gasteiger partial charge >= 0.3 is 0 Å².